The summed E-state index contributed by atoms with van der Waals surface area (Å²) in [6.07, 6.45) is 0. The Bertz CT molecular complexity index is 653. The Morgan fingerprint density at radius 3 is 2.26 bits per heavy atom. The van der Waals surface area contributed by atoms with Crippen molar-refractivity contribution in [2.75, 3.05) is 0 Å². The highest BCUT2D eigenvalue weighted by molar-refractivity contribution is 6.48. The van der Waals surface area contributed by atoms with E-state index in [1.165, 1.54) is 18.2 Å². The number of pyridine rings is 1. The van der Waals surface area contributed by atoms with Gasteiger partial charge in [0.15, 0.2) is 11.5 Å². The maximum atomic E-state index is 13.2. The minimum Gasteiger partial charge on any atom is -0.476 e. The SMILES string of the molecule is O=C(O)c1nc(-c2cc(Cl)c(Cl)c(Cl)c2)ccc1F. The lowest BCUT2D eigenvalue weighted by atomic mass is 10.1. The first kappa shape index (κ1) is 14.1. The Kier molecular flexibility index (Phi) is 3.94. The number of carboxylic acids is 1. The van der Waals surface area contributed by atoms with Crippen molar-refractivity contribution in [2.45, 2.75) is 0 Å². The molecule has 0 aliphatic carbocycles. The molecule has 98 valence electrons. The van der Waals surface area contributed by atoms with E-state index in [2.05, 4.69) is 4.98 Å². The van der Waals surface area contributed by atoms with Gasteiger partial charge < -0.3 is 5.11 Å². The first-order valence-corrected chi connectivity index (χ1v) is 6.08. The summed E-state index contributed by atoms with van der Waals surface area (Å²) in [6.45, 7) is 0. The molecule has 0 spiro atoms. The van der Waals surface area contributed by atoms with Crippen LogP contribution in [0.15, 0.2) is 24.3 Å². The van der Waals surface area contributed by atoms with Crippen molar-refractivity contribution in [3.8, 4) is 11.3 Å². The predicted molar refractivity (Wildman–Crippen MR) is 71.6 cm³/mol. The zero-order valence-electron chi connectivity index (χ0n) is 9.12. The maximum absolute atomic E-state index is 13.2. The van der Waals surface area contributed by atoms with Crippen LogP contribution >= 0.6 is 34.8 Å². The minimum absolute atomic E-state index is 0.188. The van der Waals surface area contributed by atoms with Gasteiger partial charge in [-0.05, 0) is 24.3 Å². The predicted octanol–water partition coefficient (Wildman–Crippen LogP) is 4.55. The van der Waals surface area contributed by atoms with Crippen molar-refractivity contribution in [3.05, 3.63) is 50.8 Å². The molecule has 2 aromatic rings. The number of hydrogen-bond donors (Lipinski definition) is 1. The third kappa shape index (κ3) is 2.81. The van der Waals surface area contributed by atoms with Gasteiger partial charge in [0.2, 0.25) is 0 Å². The zero-order chi connectivity index (χ0) is 14.2. The highest BCUT2D eigenvalue weighted by atomic mass is 35.5. The molecule has 1 heterocycles. The van der Waals surface area contributed by atoms with Crippen LogP contribution in [0.5, 0.6) is 0 Å². The van der Waals surface area contributed by atoms with Crippen LogP contribution in [-0.4, -0.2) is 16.1 Å². The van der Waals surface area contributed by atoms with Crippen molar-refractivity contribution in [2.24, 2.45) is 0 Å². The molecule has 0 bridgehead atoms. The molecule has 19 heavy (non-hydrogen) atoms. The quantitative estimate of drug-likeness (QED) is 0.826. The van der Waals surface area contributed by atoms with Crippen LogP contribution in [0.2, 0.25) is 15.1 Å². The van der Waals surface area contributed by atoms with E-state index in [-0.39, 0.29) is 20.8 Å². The van der Waals surface area contributed by atoms with Gasteiger partial charge in [0.25, 0.3) is 0 Å². The van der Waals surface area contributed by atoms with E-state index in [0.717, 1.165) is 6.07 Å². The van der Waals surface area contributed by atoms with E-state index in [4.69, 9.17) is 39.9 Å². The van der Waals surface area contributed by atoms with Crippen molar-refractivity contribution < 1.29 is 14.3 Å². The molecule has 7 heteroatoms. The molecule has 3 nitrogen and oxygen atoms in total. The van der Waals surface area contributed by atoms with Gasteiger partial charge in [0, 0.05) is 5.56 Å². The van der Waals surface area contributed by atoms with E-state index >= 15 is 0 Å². The fraction of sp³-hybridized carbons (Fsp3) is 0. The molecule has 1 aromatic carbocycles. The molecule has 1 aromatic heterocycles. The first-order chi connectivity index (χ1) is 8.90. The molecule has 0 radical (unpaired) electrons. The summed E-state index contributed by atoms with van der Waals surface area (Å²) in [5.41, 5.74) is 0.0147. The number of carboxylic acid groups (broad SMARTS) is 1. The lowest BCUT2D eigenvalue weighted by molar-refractivity contribution is 0.0685. The Labute approximate surface area is 122 Å². The zero-order valence-corrected chi connectivity index (χ0v) is 11.4. The van der Waals surface area contributed by atoms with E-state index < -0.39 is 17.5 Å². The second-order valence-electron chi connectivity index (χ2n) is 3.59. The van der Waals surface area contributed by atoms with Crippen LogP contribution in [0.25, 0.3) is 11.3 Å². The van der Waals surface area contributed by atoms with Gasteiger partial charge in [0.05, 0.1) is 20.8 Å². The number of benzene rings is 1. The molecule has 2 rings (SSSR count). The van der Waals surface area contributed by atoms with Gasteiger partial charge >= 0.3 is 5.97 Å². The number of aromatic nitrogens is 1. The third-order valence-corrected chi connectivity index (χ3v) is 3.53. The summed E-state index contributed by atoms with van der Waals surface area (Å²) < 4.78 is 13.2. The van der Waals surface area contributed by atoms with Crippen LogP contribution in [-0.2, 0) is 0 Å². The van der Waals surface area contributed by atoms with Gasteiger partial charge in [-0.2, -0.15) is 0 Å². The van der Waals surface area contributed by atoms with Crippen molar-refractivity contribution in [1.82, 2.24) is 4.98 Å². The normalized spacial score (nSPS) is 10.5. The summed E-state index contributed by atoms with van der Waals surface area (Å²) in [5, 5.41) is 9.40. The van der Waals surface area contributed by atoms with E-state index in [1.54, 1.807) is 0 Å². The second kappa shape index (κ2) is 5.33. The van der Waals surface area contributed by atoms with Gasteiger partial charge in [-0.3, -0.25) is 0 Å². The van der Waals surface area contributed by atoms with Crippen molar-refractivity contribution >= 4 is 40.8 Å². The number of nitrogens with zero attached hydrogens (tertiary/aromatic N) is 1. The fourth-order valence-electron chi connectivity index (χ4n) is 1.46. The third-order valence-electron chi connectivity index (χ3n) is 2.33. The van der Waals surface area contributed by atoms with E-state index in [0.29, 0.717) is 5.56 Å². The van der Waals surface area contributed by atoms with Crippen LogP contribution < -0.4 is 0 Å². The summed E-state index contributed by atoms with van der Waals surface area (Å²) in [4.78, 5) is 14.5. The Hall–Kier alpha value is -1.36. The molecular formula is C12H5Cl3FNO2. The minimum atomic E-state index is -1.45. The topological polar surface area (TPSA) is 50.2 Å². The Morgan fingerprint density at radius 2 is 1.74 bits per heavy atom. The summed E-state index contributed by atoms with van der Waals surface area (Å²) in [6, 6.07) is 5.29. The number of carbonyl (C=O) groups is 1. The largest absolute Gasteiger partial charge is 0.476 e. The molecule has 0 amide bonds. The standard InChI is InChI=1S/C12H5Cl3FNO2/c13-6-3-5(4-7(14)10(6)15)9-2-1-8(16)11(17-9)12(18)19/h1-4H,(H,18,19). The summed E-state index contributed by atoms with van der Waals surface area (Å²) >= 11 is 17.5. The first-order valence-electron chi connectivity index (χ1n) is 4.95. The Balaban J connectivity index is 2.60. The summed E-state index contributed by atoms with van der Waals surface area (Å²) in [5.74, 6) is -2.37. The molecule has 1 N–H and O–H groups in total. The fourth-order valence-corrected chi connectivity index (χ4v) is 2.05. The smallest absolute Gasteiger partial charge is 0.357 e. The van der Waals surface area contributed by atoms with Crippen LogP contribution in [0.4, 0.5) is 4.39 Å². The average molecular weight is 321 g/mol. The van der Waals surface area contributed by atoms with Gasteiger partial charge in [-0.1, -0.05) is 34.8 Å². The van der Waals surface area contributed by atoms with Gasteiger partial charge in [-0.25, -0.2) is 14.2 Å². The van der Waals surface area contributed by atoms with Gasteiger partial charge in [-0.15, -0.1) is 0 Å². The molecule has 0 atom stereocenters. The number of halogens is 4. The molecule has 0 unspecified atom stereocenters. The highest BCUT2D eigenvalue weighted by Crippen LogP contribution is 2.34. The molecule has 0 aliphatic heterocycles. The number of rotatable bonds is 2. The van der Waals surface area contributed by atoms with Crippen LogP contribution in [0.3, 0.4) is 0 Å². The lowest BCUT2D eigenvalue weighted by Gasteiger charge is -2.06. The molecule has 0 saturated carbocycles. The van der Waals surface area contributed by atoms with Crippen molar-refractivity contribution in [1.29, 1.82) is 0 Å². The molecule has 0 saturated heterocycles. The van der Waals surface area contributed by atoms with Crippen LogP contribution in [0, 0.1) is 5.82 Å². The number of hydrogen-bond acceptors (Lipinski definition) is 2. The van der Waals surface area contributed by atoms with Crippen LogP contribution in [0.1, 0.15) is 10.5 Å². The molecular weight excluding hydrogens is 315 g/mol. The van der Waals surface area contributed by atoms with Gasteiger partial charge in [0.1, 0.15) is 0 Å². The molecule has 0 fully saturated rings. The summed E-state index contributed by atoms with van der Waals surface area (Å²) in [7, 11) is 0. The average Bonchev–Trinajstić information content (AvgIpc) is 2.35. The number of aromatic carboxylic acids is 1. The Morgan fingerprint density at radius 1 is 1.16 bits per heavy atom. The highest BCUT2D eigenvalue weighted by Gasteiger charge is 2.15. The second-order valence-corrected chi connectivity index (χ2v) is 4.78. The van der Waals surface area contributed by atoms with E-state index in [1.807, 2.05) is 0 Å². The monoisotopic (exact) mass is 319 g/mol. The lowest BCUT2D eigenvalue weighted by Crippen LogP contribution is -2.04. The molecule has 0 aliphatic rings. The van der Waals surface area contributed by atoms with Crippen molar-refractivity contribution in [3.63, 3.8) is 0 Å². The maximum Gasteiger partial charge on any atom is 0.357 e. The van der Waals surface area contributed by atoms with E-state index in [9.17, 15) is 9.18 Å².